The van der Waals surface area contributed by atoms with Crippen LogP contribution in [0.5, 0.6) is 0 Å². The lowest BCUT2D eigenvalue weighted by Gasteiger charge is -2.28. The maximum Gasteiger partial charge on any atom is 0.248 e. The summed E-state index contributed by atoms with van der Waals surface area (Å²) in [5.41, 5.74) is 8.89. The van der Waals surface area contributed by atoms with Gasteiger partial charge in [0.2, 0.25) is 17.8 Å². The summed E-state index contributed by atoms with van der Waals surface area (Å²) in [6, 6.07) is 26.1. The molecule has 4 aliphatic rings. The molecule has 0 unspecified atom stereocenters. The van der Waals surface area contributed by atoms with E-state index in [9.17, 15) is 4.79 Å². The number of carbonyl (C=O) groups excluding carboxylic acids is 1. The monoisotopic (exact) mass is 842 g/mol. The Balaban J connectivity index is 0.000000148. The van der Waals surface area contributed by atoms with E-state index in [2.05, 4.69) is 89.6 Å². The molecule has 0 atom stereocenters. The van der Waals surface area contributed by atoms with Crippen LogP contribution in [0.15, 0.2) is 85.2 Å². The number of carbonyl (C=O) groups is 1. The number of rotatable bonds is 7. The van der Waals surface area contributed by atoms with Crippen molar-refractivity contribution in [2.45, 2.75) is 96.8 Å². The molecule has 0 radical (unpaired) electrons. The third-order valence-corrected chi connectivity index (χ3v) is 13.2. The fraction of sp³-hybridized carbons (Fsp3) is 0.367. The van der Waals surface area contributed by atoms with Crippen LogP contribution in [0.1, 0.15) is 93.4 Å². The topological polar surface area (TPSA) is 164 Å². The molecule has 4 N–H and O–H groups in total. The predicted molar refractivity (Wildman–Crippen MR) is 248 cm³/mol. The zero-order chi connectivity index (χ0) is 41.6. The van der Waals surface area contributed by atoms with Crippen LogP contribution in [0.3, 0.4) is 0 Å². The van der Waals surface area contributed by atoms with Crippen molar-refractivity contribution in [3.63, 3.8) is 0 Å². The van der Waals surface area contributed by atoms with Gasteiger partial charge in [0.1, 0.15) is 29.5 Å². The van der Waals surface area contributed by atoms with Gasteiger partial charge in [-0.15, -0.1) is 0 Å². The number of fused-ring (bicyclic) bond motifs is 8. The second-order valence-electron chi connectivity index (χ2n) is 17.0. The zero-order valence-corrected chi connectivity index (χ0v) is 34.7. The maximum absolute atomic E-state index is 11.8. The van der Waals surface area contributed by atoms with Gasteiger partial charge in [0, 0.05) is 96.4 Å². The molecule has 0 saturated heterocycles. The lowest BCUT2D eigenvalue weighted by Crippen LogP contribution is -2.37. The molecule has 2 fully saturated rings. The van der Waals surface area contributed by atoms with Crippen LogP contribution in [-0.2, 0) is 30.7 Å². The third-order valence-electron chi connectivity index (χ3n) is 13.2. The lowest BCUT2D eigenvalue weighted by molar-refractivity contribution is -0.135. The van der Waals surface area contributed by atoms with E-state index >= 15 is 0 Å². The van der Waals surface area contributed by atoms with E-state index in [1.54, 1.807) is 4.90 Å². The Labute approximate surface area is 366 Å². The summed E-state index contributed by atoms with van der Waals surface area (Å²) in [5, 5.41) is 23.8. The fourth-order valence-corrected chi connectivity index (χ4v) is 10.2. The first-order chi connectivity index (χ1) is 30.6. The third kappa shape index (κ3) is 7.71. The van der Waals surface area contributed by atoms with Crippen LogP contribution >= 0.6 is 0 Å². The minimum Gasteiger partial charge on any atom is -0.387 e. The van der Waals surface area contributed by atoms with E-state index in [-0.39, 0.29) is 13.3 Å². The Hall–Kier alpha value is -6.51. The molecule has 8 aromatic rings. The maximum atomic E-state index is 11.8. The molecule has 2 aliphatic heterocycles. The quantitative estimate of drug-likeness (QED) is 0.121. The Bertz CT molecular complexity index is 2970. The number of nitrogens with one attached hydrogen (secondary N) is 3. The second-order valence-corrected chi connectivity index (χ2v) is 17.0. The second kappa shape index (κ2) is 17.3. The van der Waals surface area contributed by atoms with Gasteiger partial charge in [-0.1, -0.05) is 81.6 Å². The van der Waals surface area contributed by atoms with E-state index in [0.717, 1.165) is 64.3 Å². The van der Waals surface area contributed by atoms with Crippen molar-refractivity contribution < 1.29 is 9.90 Å². The Kier molecular flexibility index (Phi) is 11.2. The van der Waals surface area contributed by atoms with Crippen molar-refractivity contribution in [1.82, 2.24) is 49.3 Å². The summed E-state index contributed by atoms with van der Waals surface area (Å²) in [7, 11) is 0. The highest BCUT2D eigenvalue weighted by Crippen LogP contribution is 2.39. The van der Waals surface area contributed by atoms with Crippen LogP contribution in [0.2, 0.25) is 0 Å². The number of anilines is 4. The molecule has 0 spiro atoms. The largest absolute Gasteiger partial charge is 0.387 e. The van der Waals surface area contributed by atoms with Gasteiger partial charge in [0.15, 0.2) is 0 Å². The van der Waals surface area contributed by atoms with Gasteiger partial charge < -0.3 is 35.1 Å². The molecule has 6 aromatic heterocycles. The highest BCUT2D eigenvalue weighted by atomic mass is 16.3. The molecule has 12 rings (SSSR count). The number of nitrogens with zero attached hydrogens (tertiary/aromatic N) is 9. The summed E-state index contributed by atoms with van der Waals surface area (Å²) >= 11 is 0. The number of amides is 1. The summed E-state index contributed by atoms with van der Waals surface area (Å²) in [6.45, 7) is 2.46. The fourth-order valence-electron chi connectivity index (χ4n) is 10.2. The summed E-state index contributed by atoms with van der Waals surface area (Å²) < 4.78 is 4.84. The van der Waals surface area contributed by atoms with Crippen LogP contribution in [-0.4, -0.2) is 74.6 Å². The number of para-hydroxylation sites is 2. The number of benzene rings is 2. The first-order valence-corrected chi connectivity index (χ1v) is 22.2. The molecule has 8 heterocycles. The van der Waals surface area contributed by atoms with Crippen LogP contribution < -0.4 is 16.0 Å². The zero-order valence-electron chi connectivity index (χ0n) is 34.7. The van der Waals surface area contributed by atoms with E-state index in [1.807, 2.05) is 30.6 Å². The average molecular weight is 843 g/mol. The van der Waals surface area contributed by atoms with Gasteiger partial charge in [0.25, 0.3) is 0 Å². The van der Waals surface area contributed by atoms with Gasteiger partial charge in [0.05, 0.1) is 11.0 Å². The standard InChI is InChI=1S/C25H26N6O2.C23H24N6.CH4/c32-15-23(33)30-12-11-20-16(14-30)9-10-22(27-20)28-25-26-13-19-18-7-3-4-8-21(18)31(24(19)29-25)17-5-1-2-6-17;1-2-6-16(5-1)29-20-8-4-3-7-17(20)18-14-25-23(28-22(18)29)27-21-10-9-15-13-24-12-11-19(15)26-21;/h3-4,7-10,13,17,32H,1-2,5-6,11-12,14-15H2,(H,26,27,28,29);3-4,7-10,14,16,24H,1-2,5-6,11-13H2,(H,25,26,27,28);1H4. The van der Waals surface area contributed by atoms with E-state index in [0.29, 0.717) is 49.3 Å². The molecule has 0 bridgehead atoms. The van der Waals surface area contributed by atoms with E-state index in [1.165, 1.54) is 78.7 Å². The molecular weight excluding hydrogens is 789 g/mol. The van der Waals surface area contributed by atoms with Crippen molar-refractivity contribution in [2.75, 3.05) is 30.3 Å². The van der Waals surface area contributed by atoms with Crippen molar-refractivity contribution >= 4 is 73.3 Å². The van der Waals surface area contributed by atoms with Crippen molar-refractivity contribution in [1.29, 1.82) is 0 Å². The number of aromatic nitrogens is 8. The highest BCUT2D eigenvalue weighted by Gasteiger charge is 2.26. The van der Waals surface area contributed by atoms with Gasteiger partial charge in [-0.2, -0.15) is 9.97 Å². The molecule has 2 saturated carbocycles. The smallest absolute Gasteiger partial charge is 0.248 e. The molecule has 63 heavy (non-hydrogen) atoms. The predicted octanol–water partition coefficient (Wildman–Crippen LogP) is 8.84. The number of pyridine rings is 2. The molecular formula is C49H54N12O2. The van der Waals surface area contributed by atoms with Crippen LogP contribution in [0.25, 0.3) is 43.9 Å². The Morgan fingerprint density at radius 1 is 0.651 bits per heavy atom. The molecule has 2 aromatic carbocycles. The van der Waals surface area contributed by atoms with Crippen molar-refractivity contribution in [2.24, 2.45) is 0 Å². The Morgan fingerprint density at radius 3 is 1.73 bits per heavy atom. The summed E-state index contributed by atoms with van der Waals surface area (Å²) in [4.78, 5) is 42.1. The SMILES string of the molecule is C.O=C(CO)N1CCc2nc(Nc3ncc4c5ccccc5n(C5CCCC5)c4n3)ccc2C1.c1ccc2c(c1)c1cnc(Nc3ccc4c(n3)CCNC4)nc1n2C1CCCC1. The van der Waals surface area contributed by atoms with E-state index in [4.69, 9.17) is 25.0 Å². The normalized spacial score (nSPS) is 16.5. The van der Waals surface area contributed by atoms with Gasteiger partial charge in [-0.05, 0) is 61.1 Å². The Morgan fingerprint density at radius 2 is 1.17 bits per heavy atom. The van der Waals surface area contributed by atoms with Gasteiger partial charge >= 0.3 is 0 Å². The highest BCUT2D eigenvalue weighted by molar-refractivity contribution is 6.07. The first kappa shape index (κ1) is 40.6. The molecule has 2 aliphatic carbocycles. The number of hydrogen-bond acceptors (Lipinski definition) is 11. The minimum absolute atomic E-state index is 0. The molecule has 14 nitrogen and oxygen atoms in total. The molecule has 14 heteroatoms. The number of hydrogen-bond donors (Lipinski definition) is 4. The number of aliphatic hydroxyl groups is 1. The van der Waals surface area contributed by atoms with E-state index < -0.39 is 6.61 Å². The lowest BCUT2D eigenvalue weighted by atomic mass is 10.1. The van der Waals surface area contributed by atoms with Crippen molar-refractivity contribution in [3.8, 4) is 0 Å². The summed E-state index contributed by atoms with van der Waals surface area (Å²) in [6.07, 6.45) is 15.4. The van der Waals surface area contributed by atoms with Crippen molar-refractivity contribution in [3.05, 3.63) is 108 Å². The minimum atomic E-state index is -0.459. The first-order valence-electron chi connectivity index (χ1n) is 22.2. The molecule has 322 valence electrons. The van der Waals surface area contributed by atoms with Crippen LogP contribution in [0.4, 0.5) is 23.5 Å². The number of aliphatic hydroxyl groups excluding tert-OH is 1. The van der Waals surface area contributed by atoms with Gasteiger partial charge in [-0.25, -0.2) is 19.9 Å². The molecule has 1 amide bonds. The summed E-state index contributed by atoms with van der Waals surface area (Å²) in [5.74, 6) is 2.40. The average Bonchev–Trinajstić information content (AvgIpc) is 4.15. The van der Waals surface area contributed by atoms with Gasteiger partial charge in [-0.3, -0.25) is 4.79 Å². The van der Waals surface area contributed by atoms with Crippen LogP contribution in [0, 0.1) is 0 Å².